The van der Waals surface area contributed by atoms with Gasteiger partial charge in [0.05, 0.1) is 18.4 Å². The topological polar surface area (TPSA) is 131 Å². The normalized spacial score (nSPS) is 24.1. The van der Waals surface area contributed by atoms with Crippen LogP contribution in [0, 0.1) is 11.8 Å². The Kier molecular flexibility index (Phi) is 15.2. The first-order valence-corrected chi connectivity index (χ1v) is 23.2. The lowest BCUT2D eigenvalue weighted by molar-refractivity contribution is -0.133. The van der Waals surface area contributed by atoms with Gasteiger partial charge >= 0.3 is 6.03 Å². The molecule has 2 saturated carbocycles. The standard InChI is InChI=1S/C50H66N6O5/c1-3-5-7-9-10-18-28-56-45(48(59)51-27-17-8-6-4-2)34-55(50(56)61)31-35-23-25-38(26-24-35)49(60)54-32-41(46(57)52-43-29-39(43)36-19-13-11-14-20-36)42(33-54)47(58)53-44-30-40(44)37-21-15-12-16-22-37/h11-16,19-26,39-45H,3-10,17-18,27-34H2,1-2H3,(H,51,59)(H,52,57)(H,53,58)/t39-,40-,41-,42-,43+,44+,45-/m1/s1. The quantitative estimate of drug-likeness (QED) is 0.0911. The smallest absolute Gasteiger partial charge is 0.321 e. The van der Waals surface area contributed by atoms with Crippen molar-refractivity contribution in [3.05, 3.63) is 107 Å². The van der Waals surface area contributed by atoms with E-state index in [1.807, 2.05) is 48.5 Å². The molecule has 3 aromatic rings. The Bertz CT molecular complexity index is 1870. The van der Waals surface area contributed by atoms with Crippen molar-refractivity contribution >= 4 is 29.7 Å². The van der Waals surface area contributed by atoms with Gasteiger partial charge in [-0.3, -0.25) is 19.2 Å². The molecule has 0 unspecified atom stereocenters. The molecular formula is C50H66N6O5. The Morgan fingerprint density at radius 3 is 1.69 bits per heavy atom. The second-order valence-electron chi connectivity index (χ2n) is 17.8. The van der Waals surface area contributed by atoms with Crippen LogP contribution in [0.15, 0.2) is 84.9 Å². The van der Waals surface area contributed by atoms with Crippen LogP contribution in [0.2, 0.25) is 0 Å². The molecule has 0 aromatic heterocycles. The van der Waals surface area contributed by atoms with Gasteiger partial charge in [0.25, 0.3) is 5.91 Å². The zero-order chi connectivity index (χ0) is 42.7. The van der Waals surface area contributed by atoms with E-state index >= 15 is 0 Å². The van der Waals surface area contributed by atoms with Crippen molar-refractivity contribution in [3.63, 3.8) is 0 Å². The van der Waals surface area contributed by atoms with Gasteiger partial charge in [-0.2, -0.15) is 0 Å². The maximum Gasteiger partial charge on any atom is 0.321 e. The first-order valence-electron chi connectivity index (χ1n) is 23.2. The number of benzene rings is 3. The third-order valence-corrected chi connectivity index (χ3v) is 13.2. The van der Waals surface area contributed by atoms with Crippen LogP contribution in [0.1, 0.15) is 130 Å². The number of nitrogens with zero attached hydrogens (tertiary/aromatic N) is 3. The van der Waals surface area contributed by atoms with Crippen LogP contribution in [-0.4, -0.2) is 95.2 Å². The summed E-state index contributed by atoms with van der Waals surface area (Å²) in [5.74, 6) is -1.55. The van der Waals surface area contributed by atoms with E-state index in [-0.39, 0.29) is 66.7 Å². The van der Waals surface area contributed by atoms with Crippen molar-refractivity contribution < 1.29 is 24.0 Å². The summed E-state index contributed by atoms with van der Waals surface area (Å²) in [7, 11) is 0. The molecule has 2 aliphatic carbocycles. The van der Waals surface area contributed by atoms with E-state index in [4.69, 9.17) is 0 Å². The minimum absolute atomic E-state index is 0.00660. The summed E-state index contributed by atoms with van der Waals surface area (Å²) in [6, 6.07) is 26.9. The summed E-state index contributed by atoms with van der Waals surface area (Å²) in [5, 5.41) is 9.52. The molecule has 2 heterocycles. The molecule has 11 nitrogen and oxygen atoms in total. The summed E-state index contributed by atoms with van der Waals surface area (Å²) in [6.45, 7) is 6.47. The van der Waals surface area contributed by atoms with Crippen molar-refractivity contribution in [1.29, 1.82) is 0 Å². The second-order valence-corrected chi connectivity index (χ2v) is 17.8. The van der Waals surface area contributed by atoms with Crippen molar-refractivity contribution in [2.24, 2.45) is 11.8 Å². The van der Waals surface area contributed by atoms with Crippen LogP contribution in [0.25, 0.3) is 0 Å². The summed E-state index contributed by atoms with van der Waals surface area (Å²) >= 11 is 0. The summed E-state index contributed by atoms with van der Waals surface area (Å²) in [6.07, 6.45) is 12.6. The third kappa shape index (κ3) is 11.4. The van der Waals surface area contributed by atoms with Crippen LogP contribution in [0.4, 0.5) is 4.79 Å². The van der Waals surface area contributed by atoms with Gasteiger partial charge in [0.1, 0.15) is 6.04 Å². The summed E-state index contributed by atoms with van der Waals surface area (Å²) in [4.78, 5) is 74.2. The number of nitrogens with one attached hydrogen (secondary N) is 3. The maximum absolute atomic E-state index is 14.1. The zero-order valence-corrected chi connectivity index (χ0v) is 36.2. The molecule has 7 rings (SSSR count). The third-order valence-electron chi connectivity index (χ3n) is 13.2. The Labute approximate surface area is 362 Å². The van der Waals surface area contributed by atoms with E-state index in [0.29, 0.717) is 31.7 Å². The van der Waals surface area contributed by atoms with E-state index in [0.717, 1.165) is 63.4 Å². The molecule has 3 aromatic carbocycles. The monoisotopic (exact) mass is 831 g/mol. The molecule has 7 atom stereocenters. The van der Waals surface area contributed by atoms with Crippen LogP contribution in [0.5, 0.6) is 0 Å². The molecule has 0 bridgehead atoms. The fourth-order valence-electron chi connectivity index (χ4n) is 9.33. The summed E-state index contributed by atoms with van der Waals surface area (Å²) in [5.41, 5.74) is 3.69. The fraction of sp³-hybridized carbons (Fsp3) is 0.540. The van der Waals surface area contributed by atoms with Gasteiger partial charge in [0.2, 0.25) is 17.7 Å². The van der Waals surface area contributed by atoms with Crippen molar-refractivity contribution in [1.82, 2.24) is 30.7 Å². The van der Waals surface area contributed by atoms with Crippen LogP contribution >= 0.6 is 0 Å². The predicted octanol–water partition coefficient (Wildman–Crippen LogP) is 7.38. The lowest BCUT2D eigenvalue weighted by atomic mass is 9.94. The molecule has 4 aliphatic rings. The van der Waals surface area contributed by atoms with E-state index in [1.165, 1.54) is 30.4 Å². The molecule has 2 aliphatic heterocycles. The minimum Gasteiger partial charge on any atom is -0.354 e. The molecule has 0 spiro atoms. The molecule has 2 saturated heterocycles. The zero-order valence-electron chi connectivity index (χ0n) is 36.2. The van der Waals surface area contributed by atoms with Gasteiger partial charge in [-0.25, -0.2) is 4.79 Å². The molecule has 11 heteroatoms. The van der Waals surface area contributed by atoms with E-state index < -0.39 is 17.9 Å². The van der Waals surface area contributed by atoms with Crippen molar-refractivity contribution in [3.8, 4) is 0 Å². The Morgan fingerprint density at radius 1 is 0.607 bits per heavy atom. The number of hydrogen-bond donors (Lipinski definition) is 3. The lowest BCUT2D eigenvalue weighted by Gasteiger charge is -2.22. The van der Waals surface area contributed by atoms with E-state index in [1.54, 1.807) is 26.8 Å². The first-order chi connectivity index (χ1) is 29.7. The van der Waals surface area contributed by atoms with Gasteiger partial charge in [0, 0.05) is 62.2 Å². The Morgan fingerprint density at radius 2 is 1.13 bits per heavy atom. The Hall–Kier alpha value is -5.19. The molecule has 326 valence electrons. The summed E-state index contributed by atoms with van der Waals surface area (Å²) < 4.78 is 0. The second kappa shape index (κ2) is 21.1. The fourth-order valence-corrected chi connectivity index (χ4v) is 9.33. The number of hydrogen-bond acceptors (Lipinski definition) is 5. The van der Waals surface area contributed by atoms with Crippen LogP contribution < -0.4 is 16.0 Å². The van der Waals surface area contributed by atoms with Gasteiger partial charge in [0.15, 0.2) is 0 Å². The SMILES string of the molecule is CCCCCCCCN1C(=O)N(Cc2ccc(C(=O)N3C[C@@H](C(=O)N[C@H]4C[C@@H]4c4ccccc4)[C@H](C(=O)N[C@H]4C[C@@H]4c4ccccc4)C3)cc2)C[C@@H]1C(=O)NCCCCCC. The van der Waals surface area contributed by atoms with Crippen LogP contribution in [0.3, 0.4) is 0 Å². The minimum atomic E-state index is -0.670. The van der Waals surface area contributed by atoms with Crippen LogP contribution in [-0.2, 0) is 20.9 Å². The van der Waals surface area contributed by atoms with Gasteiger partial charge in [-0.15, -0.1) is 0 Å². The average molecular weight is 831 g/mol. The molecule has 6 amide bonds. The van der Waals surface area contributed by atoms with Crippen molar-refractivity contribution in [2.45, 2.75) is 127 Å². The van der Waals surface area contributed by atoms with E-state index in [9.17, 15) is 24.0 Å². The Balaban J connectivity index is 0.977. The molecule has 4 fully saturated rings. The highest BCUT2D eigenvalue weighted by Crippen LogP contribution is 2.42. The highest BCUT2D eigenvalue weighted by atomic mass is 16.2. The van der Waals surface area contributed by atoms with Crippen molar-refractivity contribution in [2.75, 3.05) is 32.7 Å². The number of carbonyl (C=O) groups is 5. The number of likely N-dealkylation sites (tertiary alicyclic amines) is 1. The number of carbonyl (C=O) groups excluding carboxylic acids is 5. The van der Waals surface area contributed by atoms with E-state index in [2.05, 4.69) is 54.1 Å². The highest BCUT2D eigenvalue weighted by Gasteiger charge is 2.49. The predicted molar refractivity (Wildman–Crippen MR) is 238 cm³/mol. The van der Waals surface area contributed by atoms with Gasteiger partial charge in [-0.1, -0.05) is 138 Å². The number of urea groups is 1. The molecule has 0 radical (unpaired) electrons. The molecule has 61 heavy (non-hydrogen) atoms. The number of rotatable bonds is 22. The number of unbranched alkanes of at least 4 members (excludes halogenated alkanes) is 8. The average Bonchev–Trinajstić information content (AvgIpc) is 4.16. The maximum atomic E-state index is 14.1. The van der Waals surface area contributed by atoms with Gasteiger partial charge < -0.3 is 30.7 Å². The molecular weight excluding hydrogens is 765 g/mol. The largest absolute Gasteiger partial charge is 0.354 e. The molecule has 3 N–H and O–H groups in total. The lowest BCUT2D eigenvalue weighted by Crippen LogP contribution is -2.46. The van der Waals surface area contributed by atoms with Gasteiger partial charge in [-0.05, 0) is 54.5 Å². The first kappa shape index (κ1) is 43.9. The highest BCUT2D eigenvalue weighted by molar-refractivity contribution is 5.97. The number of amides is 6.